The van der Waals surface area contributed by atoms with Crippen LogP contribution in [0.1, 0.15) is 12.8 Å². The van der Waals surface area contributed by atoms with E-state index in [1.807, 2.05) is 0 Å². The lowest BCUT2D eigenvalue weighted by molar-refractivity contribution is -0.384. The van der Waals surface area contributed by atoms with Crippen LogP contribution in [0.3, 0.4) is 0 Å². The second-order valence-electron chi connectivity index (χ2n) is 7.53. The van der Waals surface area contributed by atoms with Crippen molar-refractivity contribution in [2.45, 2.75) is 25.1 Å². The van der Waals surface area contributed by atoms with E-state index in [9.17, 15) is 28.1 Å². The summed E-state index contributed by atoms with van der Waals surface area (Å²) in [6.07, 6.45) is -3.03. The highest BCUT2D eigenvalue weighted by Gasteiger charge is 2.42. The number of nitrogens with one attached hydrogen (secondary N) is 1. The van der Waals surface area contributed by atoms with Gasteiger partial charge in [0.15, 0.2) is 0 Å². The number of alkyl halides is 3. The molecule has 1 aromatic heterocycles. The number of anilines is 1. The van der Waals surface area contributed by atoms with Crippen LogP contribution in [0.2, 0.25) is 0 Å². The van der Waals surface area contributed by atoms with Crippen molar-refractivity contribution >= 4 is 17.3 Å². The summed E-state index contributed by atoms with van der Waals surface area (Å²) >= 11 is 0. The van der Waals surface area contributed by atoms with Crippen LogP contribution in [0.5, 0.6) is 5.88 Å². The lowest BCUT2D eigenvalue weighted by Gasteiger charge is -2.44. The zero-order valence-corrected chi connectivity index (χ0v) is 16.5. The predicted molar refractivity (Wildman–Crippen MR) is 103 cm³/mol. The van der Waals surface area contributed by atoms with Crippen LogP contribution in [0.15, 0.2) is 30.3 Å². The number of hydrogen-bond acceptors (Lipinski definition) is 9. The first-order valence-corrected chi connectivity index (χ1v) is 9.76. The van der Waals surface area contributed by atoms with Crippen LogP contribution in [-0.2, 0) is 9.63 Å². The lowest BCUT2D eigenvalue weighted by atomic mass is 9.86. The molecule has 1 N–H and O–H groups in total. The Morgan fingerprint density at radius 1 is 1.19 bits per heavy atom. The average Bonchev–Trinajstić information content (AvgIpc) is 2.78. The maximum Gasteiger partial charge on any atom is 0.493 e. The summed E-state index contributed by atoms with van der Waals surface area (Å²) in [6, 6.07) is 6.76. The molecule has 3 aliphatic rings. The highest BCUT2D eigenvalue weighted by molar-refractivity contribution is 5.78. The van der Waals surface area contributed by atoms with Gasteiger partial charge in [0, 0.05) is 24.2 Å². The molecule has 3 fully saturated rings. The number of rotatable bonds is 6. The fourth-order valence-corrected chi connectivity index (χ4v) is 3.82. The van der Waals surface area contributed by atoms with Gasteiger partial charge in [0.1, 0.15) is 11.8 Å². The summed E-state index contributed by atoms with van der Waals surface area (Å²) in [5, 5.41) is 19.4. The number of piperidine rings is 3. The van der Waals surface area contributed by atoms with Gasteiger partial charge in [-0.3, -0.25) is 15.0 Å². The highest BCUT2D eigenvalue weighted by atomic mass is 19.4. The number of hydrogen-bond donors (Lipinski definition) is 1. The van der Waals surface area contributed by atoms with Crippen LogP contribution in [0.4, 0.5) is 24.5 Å². The topological polar surface area (TPSA) is 120 Å². The number of nitrogens with zero attached hydrogens (tertiary/aromatic N) is 4. The molecular weight excluding hydrogens is 435 g/mol. The number of benzene rings is 1. The number of aromatic nitrogens is 2. The van der Waals surface area contributed by atoms with Gasteiger partial charge in [-0.1, -0.05) is 6.07 Å². The van der Waals surface area contributed by atoms with Crippen molar-refractivity contribution in [3.63, 3.8) is 0 Å². The van der Waals surface area contributed by atoms with Crippen LogP contribution >= 0.6 is 0 Å². The van der Waals surface area contributed by atoms with Gasteiger partial charge in [0.2, 0.25) is 5.88 Å². The fraction of sp³-hybridized carbons (Fsp3) is 0.421. The third-order valence-electron chi connectivity index (χ3n) is 5.48. The van der Waals surface area contributed by atoms with Gasteiger partial charge in [-0.2, -0.15) is 13.2 Å². The molecule has 2 aromatic rings. The molecule has 13 heteroatoms. The maximum absolute atomic E-state index is 12.2. The molecule has 5 rings (SSSR count). The van der Waals surface area contributed by atoms with Crippen molar-refractivity contribution in [3.05, 3.63) is 40.4 Å². The smallest absolute Gasteiger partial charge is 0.472 e. The Hall–Kier alpha value is -3.48. The normalized spacial score (nSPS) is 22.3. The van der Waals surface area contributed by atoms with Gasteiger partial charge in [0.25, 0.3) is 5.69 Å². The quantitative estimate of drug-likeness (QED) is 0.520. The van der Waals surface area contributed by atoms with E-state index in [1.165, 1.54) is 6.07 Å². The summed E-state index contributed by atoms with van der Waals surface area (Å²) in [6.45, 7) is 3.00. The zero-order valence-electron chi connectivity index (χ0n) is 16.5. The van der Waals surface area contributed by atoms with Gasteiger partial charge in [-0.05, 0) is 44.0 Å². The third kappa shape index (κ3) is 4.72. The SMILES string of the molecule is O=C(ONc1ccc(-c2ccc(O[C@H]3CN4CCC3CC4)nn2)cc1[N+](=O)[O-])C(F)(F)F. The Kier molecular flexibility index (Phi) is 5.82. The maximum atomic E-state index is 12.2. The summed E-state index contributed by atoms with van der Waals surface area (Å²) in [5.41, 5.74) is 1.24. The van der Waals surface area contributed by atoms with Gasteiger partial charge >= 0.3 is 12.1 Å². The van der Waals surface area contributed by atoms with Crippen molar-refractivity contribution < 1.29 is 32.5 Å². The zero-order chi connectivity index (χ0) is 22.9. The lowest BCUT2D eigenvalue weighted by Crippen LogP contribution is -2.52. The van der Waals surface area contributed by atoms with Gasteiger partial charge in [0.05, 0.1) is 10.6 Å². The van der Waals surface area contributed by atoms with Crippen molar-refractivity contribution in [2.24, 2.45) is 5.92 Å². The number of carbonyl (C=O) groups is 1. The number of halogens is 3. The first-order valence-electron chi connectivity index (χ1n) is 9.76. The van der Waals surface area contributed by atoms with Gasteiger partial charge in [-0.15, -0.1) is 10.2 Å². The van der Waals surface area contributed by atoms with Crippen LogP contribution < -0.4 is 10.2 Å². The molecule has 0 amide bonds. The van der Waals surface area contributed by atoms with Crippen molar-refractivity contribution in [3.8, 4) is 17.1 Å². The summed E-state index contributed by atoms with van der Waals surface area (Å²) in [5.74, 6) is -1.70. The Morgan fingerprint density at radius 3 is 2.50 bits per heavy atom. The van der Waals surface area contributed by atoms with E-state index in [1.54, 1.807) is 17.6 Å². The number of nitro groups is 1. The molecule has 1 aromatic carbocycles. The molecule has 32 heavy (non-hydrogen) atoms. The first-order chi connectivity index (χ1) is 15.2. The van der Waals surface area contributed by atoms with Crippen LogP contribution in [0, 0.1) is 16.0 Å². The van der Waals surface area contributed by atoms with Crippen molar-refractivity contribution in [2.75, 3.05) is 25.1 Å². The molecular formula is C19H18F3N5O5. The van der Waals surface area contributed by atoms with Gasteiger partial charge in [-0.25, -0.2) is 10.3 Å². The summed E-state index contributed by atoms with van der Waals surface area (Å²) in [4.78, 5) is 27.5. The number of ether oxygens (including phenoxy) is 1. The van der Waals surface area contributed by atoms with Crippen LogP contribution in [0.25, 0.3) is 11.3 Å². The minimum Gasteiger partial charge on any atom is -0.472 e. The fourth-order valence-electron chi connectivity index (χ4n) is 3.82. The largest absolute Gasteiger partial charge is 0.493 e. The van der Waals surface area contributed by atoms with E-state index in [0.717, 1.165) is 44.6 Å². The van der Waals surface area contributed by atoms with E-state index < -0.39 is 28.4 Å². The Bertz CT molecular complexity index is 1010. The highest BCUT2D eigenvalue weighted by Crippen LogP contribution is 2.32. The third-order valence-corrected chi connectivity index (χ3v) is 5.48. The molecule has 1 atom stereocenters. The standard InChI is InChI=1S/C19H18F3N5O5/c20-19(21,22)18(28)32-25-14-2-1-12(9-15(14)27(29)30)13-3-4-17(24-23-13)31-16-10-26-7-5-11(16)6-8-26/h1-4,9,11,16,25H,5-8,10H2/t16-/m0/s1. The average molecular weight is 453 g/mol. The Labute approximate surface area is 179 Å². The van der Waals surface area contributed by atoms with Crippen molar-refractivity contribution in [1.29, 1.82) is 0 Å². The predicted octanol–water partition coefficient (Wildman–Crippen LogP) is 2.96. The number of fused-ring (bicyclic) bond motifs is 3. The minimum atomic E-state index is -5.24. The molecule has 0 saturated carbocycles. The Balaban J connectivity index is 1.46. The van der Waals surface area contributed by atoms with Crippen LogP contribution in [-0.4, -0.2) is 57.9 Å². The monoisotopic (exact) mass is 453 g/mol. The molecule has 2 bridgehead atoms. The summed E-state index contributed by atoms with van der Waals surface area (Å²) in [7, 11) is 0. The molecule has 3 saturated heterocycles. The second-order valence-corrected chi connectivity index (χ2v) is 7.53. The van der Waals surface area contributed by atoms with Gasteiger partial charge < -0.3 is 9.57 Å². The molecule has 170 valence electrons. The molecule has 3 aliphatic heterocycles. The molecule has 10 nitrogen and oxygen atoms in total. The molecule has 0 spiro atoms. The number of carbonyl (C=O) groups excluding carboxylic acids is 1. The van der Waals surface area contributed by atoms with E-state index in [2.05, 4.69) is 19.9 Å². The molecule has 0 radical (unpaired) electrons. The van der Waals surface area contributed by atoms with E-state index in [0.29, 0.717) is 23.1 Å². The minimum absolute atomic E-state index is 0.0449. The number of nitro benzene ring substituents is 1. The van der Waals surface area contributed by atoms with E-state index in [4.69, 9.17) is 4.74 Å². The second kappa shape index (κ2) is 8.57. The van der Waals surface area contributed by atoms with E-state index in [-0.39, 0.29) is 6.10 Å². The molecule has 4 heterocycles. The van der Waals surface area contributed by atoms with Crippen molar-refractivity contribution in [1.82, 2.24) is 15.1 Å². The summed E-state index contributed by atoms with van der Waals surface area (Å²) < 4.78 is 42.7. The van der Waals surface area contributed by atoms with E-state index >= 15 is 0 Å². The molecule has 0 unspecified atom stereocenters. The molecule has 0 aliphatic carbocycles. The Morgan fingerprint density at radius 2 is 1.94 bits per heavy atom. The first kappa shape index (κ1) is 21.7.